The molecule has 0 spiro atoms. The van der Waals surface area contributed by atoms with Crippen LogP contribution < -0.4 is 0 Å². The summed E-state index contributed by atoms with van der Waals surface area (Å²) < 4.78 is 6.49. The summed E-state index contributed by atoms with van der Waals surface area (Å²) in [5.74, 6) is 0.250. The Labute approximate surface area is 152 Å². The predicted molar refractivity (Wildman–Crippen MR) is 99.9 cm³/mol. The molecule has 0 radical (unpaired) electrons. The maximum Gasteiger partial charge on any atom is 0.309 e. The summed E-state index contributed by atoms with van der Waals surface area (Å²) in [6, 6.07) is 16.5. The molecule has 2 nitrogen and oxygen atoms in total. The van der Waals surface area contributed by atoms with Crippen LogP contribution in [0.25, 0.3) is 0 Å². The summed E-state index contributed by atoms with van der Waals surface area (Å²) in [5.41, 5.74) is 3.73. The van der Waals surface area contributed by atoms with Crippen molar-refractivity contribution in [2.75, 3.05) is 0 Å². The van der Waals surface area contributed by atoms with E-state index in [0.717, 1.165) is 16.5 Å². The summed E-state index contributed by atoms with van der Waals surface area (Å²) in [6.45, 7) is 6.97. The van der Waals surface area contributed by atoms with Gasteiger partial charge in [0.25, 0.3) is 0 Å². The zero-order chi connectivity index (χ0) is 17.3. The molecule has 0 saturated heterocycles. The molecule has 1 aliphatic carbocycles. The van der Waals surface area contributed by atoms with Crippen molar-refractivity contribution in [3.05, 3.63) is 69.7 Å². The second-order valence-corrected chi connectivity index (χ2v) is 8.47. The van der Waals surface area contributed by atoms with E-state index < -0.39 is 0 Å². The van der Waals surface area contributed by atoms with Crippen LogP contribution in [0.4, 0.5) is 0 Å². The van der Waals surface area contributed by atoms with Crippen LogP contribution in [0.2, 0.25) is 0 Å². The van der Waals surface area contributed by atoms with Crippen molar-refractivity contribution in [2.45, 2.75) is 45.1 Å². The monoisotopic (exact) mass is 386 g/mol. The third-order valence-electron chi connectivity index (χ3n) is 4.59. The van der Waals surface area contributed by atoms with Crippen molar-refractivity contribution in [2.24, 2.45) is 5.92 Å². The number of hydrogen-bond acceptors (Lipinski definition) is 2. The van der Waals surface area contributed by atoms with E-state index >= 15 is 0 Å². The summed E-state index contributed by atoms with van der Waals surface area (Å²) >= 11 is 3.40. The Morgan fingerprint density at radius 2 is 1.71 bits per heavy atom. The van der Waals surface area contributed by atoms with E-state index in [0.29, 0.717) is 12.5 Å². The standard InChI is InChI=1S/C21H23BrO2/c1-21(2,3)16-8-6-15(7-9-16)18-12-19(18)20(23)24-13-14-4-10-17(22)11-5-14/h4-11,18-19H,12-13H2,1-3H3/t18-,19+/m0/s1. The molecular weight excluding hydrogens is 364 g/mol. The van der Waals surface area contributed by atoms with Crippen LogP contribution >= 0.6 is 15.9 Å². The van der Waals surface area contributed by atoms with Gasteiger partial charge in [-0.25, -0.2) is 0 Å². The third kappa shape index (κ3) is 4.07. The third-order valence-corrected chi connectivity index (χ3v) is 5.12. The van der Waals surface area contributed by atoms with Crippen LogP contribution in [0.3, 0.4) is 0 Å². The van der Waals surface area contributed by atoms with E-state index in [9.17, 15) is 4.79 Å². The smallest absolute Gasteiger partial charge is 0.309 e. The average Bonchev–Trinajstić information content (AvgIpc) is 3.34. The Morgan fingerprint density at radius 1 is 1.08 bits per heavy atom. The molecule has 3 heteroatoms. The van der Waals surface area contributed by atoms with E-state index in [4.69, 9.17) is 4.74 Å². The van der Waals surface area contributed by atoms with Crippen molar-refractivity contribution < 1.29 is 9.53 Å². The largest absolute Gasteiger partial charge is 0.461 e. The lowest BCUT2D eigenvalue weighted by Gasteiger charge is -2.19. The van der Waals surface area contributed by atoms with Crippen molar-refractivity contribution in [3.8, 4) is 0 Å². The molecule has 0 unspecified atom stereocenters. The van der Waals surface area contributed by atoms with E-state index in [2.05, 4.69) is 61.0 Å². The molecule has 0 aliphatic heterocycles. The van der Waals surface area contributed by atoms with E-state index in [-0.39, 0.29) is 17.3 Å². The number of benzene rings is 2. The van der Waals surface area contributed by atoms with Crippen LogP contribution in [0.1, 0.15) is 49.8 Å². The quantitative estimate of drug-likeness (QED) is 0.639. The number of carbonyl (C=O) groups excluding carboxylic acids is 1. The zero-order valence-corrected chi connectivity index (χ0v) is 16.0. The second-order valence-electron chi connectivity index (χ2n) is 7.55. The molecule has 1 aliphatic rings. The zero-order valence-electron chi connectivity index (χ0n) is 14.4. The Hall–Kier alpha value is -1.61. The second kappa shape index (κ2) is 6.72. The number of carbonyl (C=O) groups is 1. The Morgan fingerprint density at radius 3 is 2.29 bits per heavy atom. The molecule has 0 N–H and O–H groups in total. The van der Waals surface area contributed by atoms with Gasteiger partial charge in [-0.3, -0.25) is 4.79 Å². The maximum absolute atomic E-state index is 12.2. The molecule has 2 atom stereocenters. The lowest BCUT2D eigenvalue weighted by atomic mass is 9.86. The fraction of sp³-hybridized carbons (Fsp3) is 0.381. The van der Waals surface area contributed by atoms with E-state index in [1.165, 1.54) is 11.1 Å². The fourth-order valence-corrected chi connectivity index (χ4v) is 3.16. The van der Waals surface area contributed by atoms with Gasteiger partial charge < -0.3 is 4.74 Å². The van der Waals surface area contributed by atoms with Crippen molar-refractivity contribution in [3.63, 3.8) is 0 Å². The molecule has 126 valence electrons. The van der Waals surface area contributed by atoms with Crippen LogP contribution in [0.15, 0.2) is 53.0 Å². The van der Waals surface area contributed by atoms with Crippen LogP contribution in [0.5, 0.6) is 0 Å². The highest BCUT2D eigenvalue weighted by atomic mass is 79.9. The summed E-state index contributed by atoms with van der Waals surface area (Å²) in [6.07, 6.45) is 0.897. The topological polar surface area (TPSA) is 26.3 Å². The molecule has 0 bridgehead atoms. The summed E-state index contributed by atoms with van der Waals surface area (Å²) in [7, 11) is 0. The normalized spacial score (nSPS) is 19.8. The number of halogens is 1. The lowest BCUT2D eigenvalue weighted by molar-refractivity contribution is -0.146. The number of ether oxygens (including phenoxy) is 1. The van der Waals surface area contributed by atoms with Crippen LogP contribution in [-0.2, 0) is 21.6 Å². The molecular formula is C21H23BrO2. The Kier molecular flexibility index (Phi) is 4.82. The van der Waals surface area contributed by atoms with Crippen LogP contribution in [-0.4, -0.2) is 5.97 Å². The highest BCUT2D eigenvalue weighted by Gasteiger charge is 2.45. The summed E-state index contributed by atoms with van der Waals surface area (Å²) in [4.78, 5) is 12.2. The molecule has 0 aromatic heterocycles. The molecule has 2 aromatic rings. The van der Waals surface area contributed by atoms with Gasteiger partial charge in [0.05, 0.1) is 5.92 Å². The Bertz CT molecular complexity index is 711. The van der Waals surface area contributed by atoms with Gasteiger partial charge in [-0.15, -0.1) is 0 Å². The van der Waals surface area contributed by atoms with Gasteiger partial charge in [-0.2, -0.15) is 0 Å². The molecule has 2 aromatic carbocycles. The maximum atomic E-state index is 12.2. The van der Waals surface area contributed by atoms with E-state index in [1.54, 1.807) is 0 Å². The molecule has 1 saturated carbocycles. The first-order chi connectivity index (χ1) is 11.3. The van der Waals surface area contributed by atoms with Gasteiger partial charge >= 0.3 is 5.97 Å². The number of rotatable bonds is 4. The van der Waals surface area contributed by atoms with Gasteiger partial charge in [0.15, 0.2) is 0 Å². The van der Waals surface area contributed by atoms with Gasteiger partial charge in [0, 0.05) is 4.47 Å². The predicted octanol–water partition coefficient (Wildman–Crippen LogP) is 5.59. The summed E-state index contributed by atoms with van der Waals surface area (Å²) in [5, 5.41) is 0. The van der Waals surface area contributed by atoms with Crippen molar-refractivity contribution in [1.29, 1.82) is 0 Å². The van der Waals surface area contributed by atoms with Crippen LogP contribution in [0, 0.1) is 5.92 Å². The van der Waals surface area contributed by atoms with Crippen molar-refractivity contribution in [1.82, 2.24) is 0 Å². The van der Waals surface area contributed by atoms with Gasteiger partial charge in [-0.05, 0) is 46.6 Å². The first kappa shape index (κ1) is 17.2. The minimum atomic E-state index is -0.0807. The molecule has 3 rings (SSSR count). The fourth-order valence-electron chi connectivity index (χ4n) is 2.90. The number of hydrogen-bond donors (Lipinski definition) is 0. The average molecular weight is 387 g/mol. The highest BCUT2D eigenvalue weighted by molar-refractivity contribution is 9.10. The molecule has 0 amide bonds. The Balaban J connectivity index is 1.54. The van der Waals surface area contributed by atoms with Gasteiger partial charge in [0.1, 0.15) is 6.61 Å². The first-order valence-corrected chi connectivity index (χ1v) is 9.15. The minimum absolute atomic E-state index is 0.0148. The van der Waals surface area contributed by atoms with Gasteiger partial charge in [0.2, 0.25) is 0 Å². The highest BCUT2D eigenvalue weighted by Crippen LogP contribution is 2.48. The van der Waals surface area contributed by atoms with E-state index in [1.807, 2.05) is 24.3 Å². The first-order valence-electron chi connectivity index (χ1n) is 8.36. The van der Waals surface area contributed by atoms with Gasteiger partial charge in [-0.1, -0.05) is 73.1 Å². The van der Waals surface area contributed by atoms with Crippen molar-refractivity contribution >= 4 is 21.9 Å². The molecule has 0 heterocycles. The minimum Gasteiger partial charge on any atom is -0.461 e. The number of esters is 1. The molecule has 24 heavy (non-hydrogen) atoms. The molecule has 1 fully saturated rings. The lowest BCUT2D eigenvalue weighted by Crippen LogP contribution is -2.11. The SMILES string of the molecule is CC(C)(C)c1ccc([C@@H]2C[C@H]2C(=O)OCc2ccc(Br)cc2)cc1.